The van der Waals surface area contributed by atoms with Crippen LogP contribution in [0.25, 0.3) is 0 Å². The topological polar surface area (TPSA) is 81.7 Å². The first-order valence-electron chi connectivity index (χ1n) is 6.11. The number of thiophene rings is 1. The summed E-state index contributed by atoms with van der Waals surface area (Å²) < 4.78 is 0. The predicted octanol–water partition coefficient (Wildman–Crippen LogP) is 3.13. The van der Waals surface area contributed by atoms with Gasteiger partial charge in [-0.25, -0.2) is 0 Å². The molecule has 0 aliphatic heterocycles. The highest BCUT2D eigenvalue weighted by atomic mass is 32.1. The van der Waals surface area contributed by atoms with Crippen LogP contribution in [0.5, 0.6) is 0 Å². The Morgan fingerprint density at radius 3 is 2.19 bits per heavy atom. The first kappa shape index (κ1) is 14.6. The lowest BCUT2D eigenvalue weighted by Gasteiger charge is -2.06. The molecule has 2 rings (SSSR count). The van der Waals surface area contributed by atoms with Gasteiger partial charge in [-0.3, -0.25) is 9.59 Å². The molecule has 1 aromatic carbocycles. The van der Waals surface area contributed by atoms with Gasteiger partial charge in [0.25, 0.3) is 0 Å². The molecule has 4 nitrogen and oxygen atoms in total. The standard InChI is InChI=1S/C16H10N2O2S/c1-10-2-7-14(21-10)16(20)13(9-18)15(19)12-5-3-11(8-17)4-6-12/h2-7,13H,1H3/t13-/m1/s1. The highest BCUT2D eigenvalue weighted by molar-refractivity contribution is 7.14. The van der Waals surface area contributed by atoms with Crippen molar-refractivity contribution >= 4 is 22.9 Å². The number of hydrogen-bond acceptors (Lipinski definition) is 5. The lowest BCUT2D eigenvalue weighted by molar-refractivity contribution is 0.0848. The molecule has 1 atom stereocenters. The normalized spacial score (nSPS) is 11.2. The maximum atomic E-state index is 12.3. The summed E-state index contributed by atoms with van der Waals surface area (Å²) in [6.45, 7) is 1.85. The highest BCUT2D eigenvalue weighted by Crippen LogP contribution is 2.21. The van der Waals surface area contributed by atoms with Crippen LogP contribution in [0.1, 0.15) is 30.5 Å². The van der Waals surface area contributed by atoms with E-state index in [-0.39, 0.29) is 5.56 Å². The minimum Gasteiger partial charge on any atom is -0.292 e. The van der Waals surface area contributed by atoms with Crippen molar-refractivity contribution in [3.05, 3.63) is 57.3 Å². The monoisotopic (exact) mass is 294 g/mol. The summed E-state index contributed by atoms with van der Waals surface area (Å²) in [4.78, 5) is 25.9. The van der Waals surface area contributed by atoms with Crippen LogP contribution < -0.4 is 0 Å². The largest absolute Gasteiger partial charge is 0.292 e. The summed E-state index contributed by atoms with van der Waals surface area (Å²) in [6, 6.07) is 13.0. The number of Topliss-reactive ketones (excluding diaryl/α,β-unsaturated/α-hetero) is 2. The predicted molar refractivity (Wildman–Crippen MR) is 78.0 cm³/mol. The smallest absolute Gasteiger partial charge is 0.197 e. The molecule has 0 amide bonds. The van der Waals surface area contributed by atoms with Gasteiger partial charge < -0.3 is 0 Å². The van der Waals surface area contributed by atoms with Crippen molar-refractivity contribution in [3.8, 4) is 12.1 Å². The molecule has 0 fully saturated rings. The van der Waals surface area contributed by atoms with E-state index in [1.807, 2.05) is 13.0 Å². The molecule has 0 aliphatic rings. The van der Waals surface area contributed by atoms with Gasteiger partial charge in [0.1, 0.15) is 0 Å². The molecule has 0 saturated carbocycles. The molecule has 21 heavy (non-hydrogen) atoms. The van der Waals surface area contributed by atoms with E-state index >= 15 is 0 Å². The Bertz CT molecular complexity index is 776. The van der Waals surface area contributed by atoms with Crippen molar-refractivity contribution in [2.24, 2.45) is 5.92 Å². The van der Waals surface area contributed by atoms with Crippen molar-refractivity contribution in [3.63, 3.8) is 0 Å². The van der Waals surface area contributed by atoms with Crippen molar-refractivity contribution in [1.29, 1.82) is 10.5 Å². The van der Waals surface area contributed by atoms with Gasteiger partial charge in [-0.05, 0) is 31.2 Å². The van der Waals surface area contributed by atoms with E-state index < -0.39 is 17.5 Å². The van der Waals surface area contributed by atoms with Crippen molar-refractivity contribution in [1.82, 2.24) is 0 Å². The number of aryl methyl sites for hydroxylation is 1. The fourth-order valence-corrected chi connectivity index (χ4v) is 2.66. The van der Waals surface area contributed by atoms with Gasteiger partial charge in [0, 0.05) is 10.4 Å². The molecule has 102 valence electrons. The number of benzene rings is 1. The second kappa shape index (κ2) is 6.13. The van der Waals surface area contributed by atoms with Crippen LogP contribution in [0.3, 0.4) is 0 Å². The Kier molecular flexibility index (Phi) is 4.27. The van der Waals surface area contributed by atoms with Crippen molar-refractivity contribution in [2.45, 2.75) is 6.92 Å². The van der Waals surface area contributed by atoms with E-state index in [4.69, 9.17) is 10.5 Å². The van der Waals surface area contributed by atoms with Gasteiger partial charge in [0.2, 0.25) is 0 Å². The summed E-state index contributed by atoms with van der Waals surface area (Å²) in [5.41, 5.74) is 0.669. The van der Waals surface area contributed by atoms with E-state index in [0.717, 1.165) is 4.88 Å². The number of nitriles is 2. The number of rotatable bonds is 4. The SMILES string of the molecule is Cc1ccc(C(=O)[C@H](C#N)C(=O)c2ccc(C#N)cc2)s1. The molecule has 1 aromatic heterocycles. The maximum absolute atomic E-state index is 12.3. The van der Waals surface area contributed by atoms with Gasteiger partial charge in [0.05, 0.1) is 22.6 Å². The molecule has 0 saturated heterocycles. The molecule has 0 radical (unpaired) electrons. The zero-order chi connectivity index (χ0) is 15.4. The van der Waals surface area contributed by atoms with Gasteiger partial charge in [0.15, 0.2) is 17.5 Å². The van der Waals surface area contributed by atoms with Gasteiger partial charge in [-0.2, -0.15) is 10.5 Å². The number of hydrogen-bond donors (Lipinski definition) is 0. The quantitative estimate of drug-likeness (QED) is 0.640. The second-order valence-electron chi connectivity index (χ2n) is 4.39. The summed E-state index contributed by atoms with van der Waals surface area (Å²) in [7, 11) is 0. The second-order valence-corrected chi connectivity index (χ2v) is 5.68. The molecule has 1 heterocycles. The zero-order valence-electron chi connectivity index (χ0n) is 11.2. The minimum absolute atomic E-state index is 0.252. The van der Waals surface area contributed by atoms with Crippen LogP contribution in [0.2, 0.25) is 0 Å². The number of ketones is 2. The molecule has 2 aromatic rings. The van der Waals surface area contributed by atoms with Gasteiger partial charge >= 0.3 is 0 Å². The third-order valence-electron chi connectivity index (χ3n) is 2.94. The Balaban J connectivity index is 2.28. The number of carbonyl (C=O) groups excluding carboxylic acids is 2. The van der Waals surface area contributed by atoms with Crippen LogP contribution in [-0.4, -0.2) is 11.6 Å². The summed E-state index contributed by atoms with van der Waals surface area (Å²) >= 11 is 1.26. The molecular formula is C16H10N2O2S. The van der Waals surface area contributed by atoms with E-state index in [0.29, 0.717) is 10.4 Å². The van der Waals surface area contributed by atoms with Gasteiger partial charge in [-0.1, -0.05) is 12.1 Å². The molecule has 0 spiro atoms. The van der Waals surface area contributed by atoms with Crippen LogP contribution in [0.15, 0.2) is 36.4 Å². The fourth-order valence-electron chi connectivity index (χ4n) is 1.82. The molecule has 0 aliphatic carbocycles. The lowest BCUT2D eigenvalue weighted by Crippen LogP contribution is -2.22. The van der Waals surface area contributed by atoms with Crippen molar-refractivity contribution < 1.29 is 9.59 Å². The molecule has 0 unspecified atom stereocenters. The third kappa shape index (κ3) is 3.05. The van der Waals surface area contributed by atoms with Gasteiger partial charge in [-0.15, -0.1) is 11.3 Å². The summed E-state index contributed by atoms with van der Waals surface area (Å²) in [5.74, 6) is -2.38. The summed E-state index contributed by atoms with van der Waals surface area (Å²) in [5, 5.41) is 17.9. The molecular weight excluding hydrogens is 284 g/mol. The first-order chi connectivity index (χ1) is 10.1. The van der Waals surface area contributed by atoms with Crippen LogP contribution in [-0.2, 0) is 0 Å². The number of nitrogens with zero attached hydrogens (tertiary/aromatic N) is 2. The zero-order valence-corrected chi connectivity index (χ0v) is 12.0. The van der Waals surface area contributed by atoms with Crippen LogP contribution in [0.4, 0.5) is 0 Å². The van der Waals surface area contributed by atoms with Crippen molar-refractivity contribution in [2.75, 3.05) is 0 Å². The van der Waals surface area contributed by atoms with E-state index in [1.54, 1.807) is 18.2 Å². The lowest BCUT2D eigenvalue weighted by atomic mass is 9.94. The first-order valence-corrected chi connectivity index (χ1v) is 6.93. The Hall–Kier alpha value is -2.76. The Morgan fingerprint density at radius 1 is 1.05 bits per heavy atom. The molecule has 0 bridgehead atoms. The summed E-state index contributed by atoms with van der Waals surface area (Å²) in [6.07, 6.45) is 0. The van der Waals surface area contributed by atoms with E-state index in [9.17, 15) is 9.59 Å². The molecule has 0 N–H and O–H groups in total. The minimum atomic E-state index is -1.35. The van der Waals surface area contributed by atoms with Crippen LogP contribution >= 0.6 is 11.3 Å². The average Bonchev–Trinajstić information content (AvgIpc) is 2.94. The number of carbonyl (C=O) groups is 2. The van der Waals surface area contributed by atoms with E-state index in [1.165, 1.54) is 35.6 Å². The Morgan fingerprint density at radius 2 is 1.71 bits per heavy atom. The maximum Gasteiger partial charge on any atom is 0.197 e. The third-order valence-corrected chi connectivity index (χ3v) is 3.95. The fraction of sp³-hybridized carbons (Fsp3) is 0.125. The van der Waals surface area contributed by atoms with Crippen LogP contribution in [0, 0.1) is 35.5 Å². The highest BCUT2D eigenvalue weighted by Gasteiger charge is 2.29. The molecule has 5 heteroatoms. The van der Waals surface area contributed by atoms with E-state index in [2.05, 4.69) is 0 Å². The average molecular weight is 294 g/mol. The Labute approximate surface area is 125 Å².